The van der Waals surface area contributed by atoms with Gasteiger partial charge in [-0.25, -0.2) is 4.98 Å². The Labute approximate surface area is 173 Å². The number of nitrogens with zero attached hydrogens (tertiary/aromatic N) is 6. The lowest BCUT2D eigenvalue weighted by Gasteiger charge is -2.37. The molecule has 30 heavy (non-hydrogen) atoms. The molecule has 4 heterocycles. The average Bonchev–Trinajstić information content (AvgIpc) is 3.09. The van der Waals surface area contributed by atoms with Crippen LogP contribution in [0.25, 0.3) is 33.4 Å². The zero-order valence-electron chi connectivity index (χ0n) is 16.8. The Bertz CT molecular complexity index is 1230. The Kier molecular flexibility index (Phi) is 4.36. The van der Waals surface area contributed by atoms with Gasteiger partial charge in [-0.3, -0.25) is 4.68 Å². The molecule has 152 valence electrons. The summed E-state index contributed by atoms with van der Waals surface area (Å²) in [5.41, 5.74) is 3.91. The van der Waals surface area contributed by atoms with Crippen LogP contribution in [0.5, 0.6) is 11.6 Å². The fraction of sp³-hybridized carbons (Fsp3) is 0.273. The van der Waals surface area contributed by atoms with Crippen LogP contribution in [0.15, 0.2) is 42.6 Å². The van der Waals surface area contributed by atoms with Crippen molar-refractivity contribution >= 4 is 10.9 Å². The fourth-order valence-electron chi connectivity index (χ4n) is 3.91. The molecule has 2 N–H and O–H groups in total. The zero-order chi connectivity index (χ0) is 20.8. The minimum atomic E-state index is -0.134. The quantitative estimate of drug-likeness (QED) is 0.541. The Morgan fingerprint density at radius 1 is 1.03 bits per heavy atom. The maximum absolute atomic E-state index is 10.6. The summed E-state index contributed by atoms with van der Waals surface area (Å²) in [6.07, 6.45) is 1.81. The number of rotatable bonds is 4. The smallest absolute Gasteiger partial charge is 0.240 e. The molecule has 0 radical (unpaired) electrons. The van der Waals surface area contributed by atoms with E-state index in [1.807, 2.05) is 30.5 Å². The number of benzene rings is 1. The van der Waals surface area contributed by atoms with Crippen molar-refractivity contribution in [1.82, 2.24) is 29.9 Å². The monoisotopic (exact) mass is 402 g/mol. The van der Waals surface area contributed by atoms with Gasteiger partial charge in [-0.05, 0) is 36.9 Å². The summed E-state index contributed by atoms with van der Waals surface area (Å²) in [6.45, 7) is 5.25. The molecule has 1 aliphatic rings. The lowest BCUT2D eigenvalue weighted by atomic mass is 9.96. The number of fused-ring (bicyclic) bond motifs is 1. The summed E-state index contributed by atoms with van der Waals surface area (Å²) >= 11 is 0. The van der Waals surface area contributed by atoms with Crippen LogP contribution >= 0.6 is 0 Å². The SMILES string of the molecule is CCN1CC(c2ccc(-c3ccc(-c4cc5cn(C)nc5c(O)n4)cc3O)nn2)C1. The Morgan fingerprint density at radius 3 is 2.57 bits per heavy atom. The third-order valence-corrected chi connectivity index (χ3v) is 5.66. The third-order valence-electron chi connectivity index (χ3n) is 5.66. The molecule has 4 aromatic rings. The largest absolute Gasteiger partial charge is 0.507 e. The van der Waals surface area contributed by atoms with Crippen LogP contribution in [0, 0.1) is 0 Å². The molecule has 1 aliphatic heterocycles. The number of aromatic hydroxyl groups is 2. The van der Waals surface area contributed by atoms with E-state index in [4.69, 9.17) is 0 Å². The molecule has 0 unspecified atom stereocenters. The first-order chi connectivity index (χ1) is 14.5. The predicted molar refractivity (Wildman–Crippen MR) is 113 cm³/mol. The van der Waals surface area contributed by atoms with Gasteiger partial charge in [-0.2, -0.15) is 15.3 Å². The summed E-state index contributed by atoms with van der Waals surface area (Å²) in [4.78, 5) is 6.59. The van der Waals surface area contributed by atoms with Crippen molar-refractivity contribution in [3.63, 3.8) is 0 Å². The van der Waals surface area contributed by atoms with Gasteiger partial charge >= 0.3 is 0 Å². The van der Waals surface area contributed by atoms with Crippen molar-refractivity contribution in [3.8, 4) is 34.1 Å². The Morgan fingerprint density at radius 2 is 1.87 bits per heavy atom. The van der Waals surface area contributed by atoms with E-state index < -0.39 is 0 Å². The Balaban J connectivity index is 1.42. The molecule has 8 heteroatoms. The second-order valence-corrected chi connectivity index (χ2v) is 7.70. The van der Waals surface area contributed by atoms with Gasteiger partial charge in [0.1, 0.15) is 5.75 Å². The minimum Gasteiger partial charge on any atom is -0.507 e. The number of pyridine rings is 1. The molecule has 0 spiro atoms. The lowest BCUT2D eigenvalue weighted by molar-refractivity contribution is 0.154. The van der Waals surface area contributed by atoms with E-state index in [9.17, 15) is 10.2 Å². The number of aryl methyl sites for hydroxylation is 1. The van der Waals surface area contributed by atoms with Crippen molar-refractivity contribution < 1.29 is 10.2 Å². The van der Waals surface area contributed by atoms with E-state index in [1.54, 1.807) is 23.9 Å². The van der Waals surface area contributed by atoms with Gasteiger partial charge in [-0.1, -0.05) is 13.0 Å². The summed E-state index contributed by atoms with van der Waals surface area (Å²) in [5, 5.41) is 34.5. The van der Waals surface area contributed by atoms with E-state index in [-0.39, 0.29) is 11.6 Å². The van der Waals surface area contributed by atoms with Gasteiger partial charge in [0.25, 0.3) is 0 Å². The van der Waals surface area contributed by atoms with Crippen molar-refractivity contribution in [3.05, 3.63) is 48.3 Å². The molecule has 8 nitrogen and oxygen atoms in total. The number of hydrogen-bond acceptors (Lipinski definition) is 7. The Hall–Kier alpha value is -3.52. The van der Waals surface area contributed by atoms with Gasteiger partial charge in [0.2, 0.25) is 5.88 Å². The van der Waals surface area contributed by atoms with E-state index in [1.165, 1.54) is 0 Å². The minimum absolute atomic E-state index is 0.0860. The van der Waals surface area contributed by atoms with E-state index >= 15 is 0 Å². The summed E-state index contributed by atoms with van der Waals surface area (Å²) in [5.74, 6) is 0.386. The summed E-state index contributed by atoms with van der Waals surface area (Å²) < 4.78 is 1.63. The first kappa shape index (κ1) is 18.5. The number of likely N-dealkylation sites (N-methyl/N-ethyl adjacent to an activating group) is 1. The normalized spacial score (nSPS) is 14.9. The van der Waals surface area contributed by atoms with Crippen molar-refractivity contribution in [2.75, 3.05) is 19.6 Å². The number of phenols is 1. The highest BCUT2D eigenvalue weighted by molar-refractivity contribution is 5.86. The summed E-state index contributed by atoms with van der Waals surface area (Å²) in [7, 11) is 1.79. The van der Waals surface area contributed by atoms with Gasteiger partial charge in [-0.15, -0.1) is 0 Å². The van der Waals surface area contributed by atoms with Crippen molar-refractivity contribution in [2.45, 2.75) is 12.8 Å². The molecular weight excluding hydrogens is 380 g/mol. The highest BCUT2D eigenvalue weighted by Gasteiger charge is 2.28. The summed E-state index contributed by atoms with van der Waals surface area (Å²) in [6, 6.07) is 11.0. The van der Waals surface area contributed by atoms with Crippen LogP contribution in [-0.4, -0.2) is 59.7 Å². The van der Waals surface area contributed by atoms with Crippen LogP contribution < -0.4 is 0 Å². The number of likely N-dealkylation sites (tertiary alicyclic amines) is 1. The van der Waals surface area contributed by atoms with Crippen LogP contribution in [-0.2, 0) is 7.05 Å². The highest BCUT2D eigenvalue weighted by Crippen LogP contribution is 2.34. The first-order valence-electron chi connectivity index (χ1n) is 9.95. The maximum Gasteiger partial charge on any atom is 0.240 e. The van der Waals surface area contributed by atoms with Gasteiger partial charge < -0.3 is 15.1 Å². The number of phenolic OH excluding ortho intramolecular Hbond substituents is 1. The van der Waals surface area contributed by atoms with E-state index in [0.717, 1.165) is 30.7 Å². The molecule has 1 saturated heterocycles. The standard InChI is InChI=1S/C22H22N6O2/c1-3-28-11-15(12-28)17-6-7-18(25-24-17)16-5-4-13(9-20(16)29)19-8-14-10-27(2)26-21(14)22(30)23-19/h4-10,15,29H,3,11-12H2,1-2H3,(H,23,30). The lowest BCUT2D eigenvalue weighted by Crippen LogP contribution is -2.44. The molecule has 5 rings (SSSR count). The topological polar surface area (TPSA) is 100 Å². The van der Waals surface area contributed by atoms with Crippen LogP contribution in [0.1, 0.15) is 18.5 Å². The predicted octanol–water partition coefficient (Wildman–Crippen LogP) is 2.92. The van der Waals surface area contributed by atoms with Gasteiger partial charge in [0.05, 0.1) is 17.1 Å². The van der Waals surface area contributed by atoms with Crippen LogP contribution in [0.3, 0.4) is 0 Å². The molecular formula is C22H22N6O2. The molecule has 0 bridgehead atoms. The molecule has 0 amide bonds. The molecule has 0 atom stereocenters. The molecule has 3 aromatic heterocycles. The van der Waals surface area contributed by atoms with Crippen molar-refractivity contribution in [2.24, 2.45) is 7.05 Å². The fourth-order valence-corrected chi connectivity index (χ4v) is 3.91. The molecule has 0 aliphatic carbocycles. The third kappa shape index (κ3) is 3.15. The molecule has 1 aromatic carbocycles. The average molecular weight is 402 g/mol. The number of aromatic nitrogens is 5. The first-order valence-corrected chi connectivity index (χ1v) is 9.95. The van der Waals surface area contributed by atoms with Crippen LogP contribution in [0.4, 0.5) is 0 Å². The zero-order valence-corrected chi connectivity index (χ0v) is 16.8. The van der Waals surface area contributed by atoms with E-state index in [2.05, 4.69) is 32.1 Å². The highest BCUT2D eigenvalue weighted by atomic mass is 16.3. The second-order valence-electron chi connectivity index (χ2n) is 7.70. The van der Waals surface area contributed by atoms with Gasteiger partial charge in [0.15, 0.2) is 5.52 Å². The van der Waals surface area contributed by atoms with Crippen LogP contribution in [0.2, 0.25) is 0 Å². The van der Waals surface area contributed by atoms with E-state index in [0.29, 0.717) is 33.9 Å². The van der Waals surface area contributed by atoms with Crippen molar-refractivity contribution in [1.29, 1.82) is 0 Å². The number of hydrogen-bond donors (Lipinski definition) is 2. The molecule has 0 saturated carbocycles. The van der Waals surface area contributed by atoms with Gasteiger partial charge in [0, 0.05) is 48.8 Å². The molecule has 1 fully saturated rings. The maximum atomic E-state index is 10.6. The second kappa shape index (κ2) is 7.07.